The molecule has 0 aromatic carbocycles. The summed E-state index contributed by atoms with van der Waals surface area (Å²) < 4.78 is 0. The van der Waals surface area contributed by atoms with Crippen LogP contribution in [-0.4, -0.2) is 62.5 Å². The van der Waals surface area contributed by atoms with Crippen molar-refractivity contribution in [2.75, 3.05) is 40.8 Å². The predicted octanol–water partition coefficient (Wildman–Crippen LogP) is 0.315. The molecular formula is C12H23N3O. The molecule has 1 rings (SSSR count). The third kappa shape index (κ3) is 5.28. The van der Waals surface area contributed by atoms with Crippen molar-refractivity contribution in [3.63, 3.8) is 0 Å². The summed E-state index contributed by atoms with van der Waals surface area (Å²) in [6.07, 6.45) is 5.65. The minimum Gasteiger partial charge on any atom is -0.350 e. The van der Waals surface area contributed by atoms with E-state index in [1.165, 1.54) is 0 Å². The summed E-state index contributed by atoms with van der Waals surface area (Å²) in [7, 11) is 6.09. The van der Waals surface area contributed by atoms with Gasteiger partial charge in [0.1, 0.15) is 0 Å². The molecule has 1 amide bonds. The highest BCUT2D eigenvalue weighted by molar-refractivity contribution is 5.87. The van der Waals surface area contributed by atoms with Crippen molar-refractivity contribution in [3.8, 4) is 0 Å². The molecule has 0 spiro atoms. The number of amides is 1. The fraction of sp³-hybridized carbons (Fsp3) is 0.750. The zero-order valence-corrected chi connectivity index (χ0v) is 10.6. The smallest absolute Gasteiger partial charge is 0.243 e. The maximum Gasteiger partial charge on any atom is 0.243 e. The SMILES string of the molecule is CN(C)C/C=C/C(=O)NC1CCN(C)CC1. The molecule has 4 nitrogen and oxygen atoms in total. The molecule has 1 N–H and O–H groups in total. The molecule has 92 valence electrons. The number of carbonyl (C=O) groups is 1. The van der Waals surface area contributed by atoms with Crippen LogP contribution in [0.1, 0.15) is 12.8 Å². The summed E-state index contributed by atoms with van der Waals surface area (Å²) in [5.41, 5.74) is 0. The van der Waals surface area contributed by atoms with Crippen LogP contribution >= 0.6 is 0 Å². The molecule has 1 fully saturated rings. The number of likely N-dealkylation sites (tertiary alicyclic amines) is 1. The van der Waals surface area contributed by atoms with Crippen LogP contribution in [0.3, 0.4) is 0 Å². The van der Waals surface area contributed by atoms with Gasteiger partial charge in [0.05, 0.1) is 0 Å². The van der Waals surface area contributed by atoms with E-state index < -0.39 is 0 Å². The van der Waals surface area contributed by atoms with Gasteiger partial charge in [0.25, 0.3) is 0 Å². The van der Waals surface area contributed by atoms with Gasteiger partial charge in [-0.25, -0.2) is 0 Å². The van der Waals surface area contributed by atoms with Gasteiger partial charge in [0, 0.05) is 18.7 Å². The summed E-state index contributed by atoms with van der Waals surface area (Å²) in [5, 5.41) is 3.04. The first kappa shape index (κ1) is 13.2. The highest BCUT2D eigenvalue weighted by Gasteiger charge is 2.17. The first-order chi connectivity index (χ1) is 7.58. The molecular weight excluding hydrogens is 202 g/mol. The molecule has 16 heavy (non-hydrogen) atoms. The van der Waals surface area contributed by atoms with Crippen molar-refractivity contribution in [3.05, 3.63) is 12.2 Å². The molecule has 0 unspecified atom stereocenters. The lowest BCUT2D eigenvalue weighted by Gasteiger charge is -2.29. The fourth-order valence-electron chi connectivity index (χ4n) is 1.77. The van der Waals surface area contributed by atoms with Gasteiger partial charge in [-0.15, -0.1) is 0 Å². The third-order valence-corrected chi connectivity index (χ3v) is 2.80. The second kappa shape index (κ2) is 6.66. The number of carbonyl (C=O) groups excluding carboxylic acids is 1. The molecule has 1 aliphatic heterocycles. The monoisotopic (exact) mass is 225 g/mol. The van der Waals surface area contributed by atoms with Crippen molar-refractivity contribution < 1.29 is 4.79 Å². The Labute approximate surface area is 98.3 Å². The molecule has 0 aromatic rings. The minimum atomic E-state index is 0.0383. The van der Waals surface area contributed by atoms with Gasteiger partial charge >= 0.3 is 0 Å². The first-order valence-electron chi connectivity index (χ1n) is 5.88. The predicted molar refractivity (Wildman–Crippen MR) is 66.4 cm³/mol. The largest absolute Gasteiger partial charge is 0.350 e. The van der Waals surface area contributed by atoms with Crippen LogP contribution in [-0.2, 0) is 4.79 Å². The number of rotatable bonds is 4. The Kier molecular flexibility index (Phi) is 5.49. The van der Waals surface area contributed by atoms with E-state index in [2.05, 4.69) is 17.3 Å². The number of likely N-dealkylation sites (N-methyl/N-ethyl adjacent to an activating group) is 1. The highest BCUT2D eigenvalue weighted by atomic mass is 16.1. The van der Waals surface area contributed by atoms with Gasteiger partial charge in [-0.3, -0.25) is 4.79 Å². The van der Waals surface area contributed by atoms with Crippen LogP contribution in [0.25, 0.3) is 0 Å². The van der Waals surface area contributed by atoms with Gasteiger partial charge in [-0.2, -0.15) is 0 Å². The standard InChI is InChI=1S/C12H23N3O/c1-14(2)8-4-5-12(16)13-11-6-9-15(3)10-7-11/h4-5,11H,6-10H2,1-3H3,(H,13,16)/b5-4+. The maximum atomic E-state index is 11.5. The minimum absolute atomic E-state index is 0.0383. The van der Waals surface area contributed by atoms with Crippen LogP contribution in [0, 0.1) is 0 Å². The Hall–Kier alpha value is -0.870. The van der Waals surface area contributed by atoms with Crippen molar-refractivity contribution in [2.24, 2.45) is 0 Å². The van der Waals surface area contributed by atoms with Crippen LogP contribution in [0.5, 0.6) is 0 Å². The van der Waals surface area contributed by atoms with Crippen molar-refractivity contribution in [2.45, 2.75) is 18.9 Å². The third-order valence-electron chi connectivity index (χ3n) is 2.80. The average Bonchev–Trinajstić information content (AvgIpc) is 2.21. The highest BCUT2D eigenvalue weighted by Crippen LogP contribution is 2.07. The number of piperidine rings is 1. The number of nitrogens with one attached hydrogen (secondary N) is 1. The summed E-state index contributed by atoms with van der Waals surface area (Å²) in [6, 6.07) is 0.354. The molecule has 1 heterocycles. The van der Waals surface area contributed by atoms with E-state index in [9.17, 15) is 4.79 Å². The molecule has 0 bridgehead atoms. The molecule has 1 saturated heterocycles. The molecule has 0 aliphatic carbocycles. The zero-order valence-electron chi connectivity index (χ0n) is 10.6. The van der Waals surface area contributed by atoms with Gasteiger partial charge in [0.2, 0.25) is 5.91 Å². The Morgan fingerprint density at radius 2 is 2.06 bits per heavy atom. The van der Waals surface area contributed by atoms with E-state index >= 15 is 0 Å². The number of hydrogen-bond acceptors (Lipinski definition) is 3. The summed E-state index contributed by atoms with van der Waals surface area (Å²) in [5.74, 6) is 0.0383. The van der Waals surface area contributed by atoms with E-state index in [-0.39, 0.29) is 5.91 Å². The Bertz CT molecular complexity index is 243. The first-order valence-corrected chi connectivity index (χ1v) is 5.88. The van der Waals surface area contributed by atoms with Crippen LogP contribution in [0.4, 0.5) is 0 Å². The fourth-order valence-corrected chi connectivity index (χ4v) is 1.77. The summed E-state index contributed by atoms with van der Waals surface area (Å²) >= 11 is 0. The van der Waals surface area contributed by atoms with Crippen molar-refractivity contribution in [1.82, 2.24) is 15.1 Å². The van der Waals surface area contributed by atoms with E-state index in [0.29, 0.717) is 6.04 Å². The molecule has 0 saturated carbocycles. The number of nitrogens with zero attached hydrogens (tertiary/aromatic N) is 2. The quantitative estimate of drug-likeness (QED) is 0.700. The lowest BCUT2D eigenvalue weighted by Crippen LogP contribution is -2.42. The lowest BCUT2D eigenvalue weighted by molar-refractivity contribution is -0.117. The Morgan fingerprint density at radius 3 is 2.62 bits per heavy atom. The summed E-state index contributed by atoms with van der Waals surface area (Å²) in [6.45, 7) is 2.96. The second-order valence-corrected chi connectivity index (χ2v) is 4.75. The van der Waals surface area contributed by atoms with Gasteiger partial charge < -0.3 is 15.1 Å². The molecule has 0 aromatic heterocycles. The van der Waals surface area contributed by atoms with E-state index in [4.69, 9.17) is 0 Å². The van der Waals surface area contributed by atoms with E-state index in [1.54, 1.807) is 6.08 Å². The second-order valence-electron chi connectivity index (χ2n) is 4.75. The number of hydrogen-bond donors (Lipinski definition) is 1. The normalized spacial score (nSPS) is 19.5. The molecule has 0 radical (unpaired) electrons. The van der Waals surface area contributed by atoms with Crippen molar-refractivity contribution in [1.29, 1.82) is 0 Å². The molecule has 0 atom stereocenters. The van der Waals surface area contributed by atoms with Crippen LogP contribution in [0.2, 0.25) is 0 Å². The lowest BCUT2D eigenvalue weighted by atomic mass is 10.1. The Balaban J connectivity index is 2.21. The topological polar surface area (TPSA) is 35.6 Å². The van der Waals surface area contributed by atoms with Gasteiger partial charge in [-0.1, -0.05) is 6.08 Å². The van der Waals surface area contributed by atoms with E-state index in [1.807, 2.05) is 25.1 Å². The maximum absolute atomic E-state index is 11.5. The van der Waals surface area contributed by atoms with Gasteiger partial charge in [0.15, 0.2) is 0 Å². The van der Waals surface area contributed by atoms with E-state index in [0.717, 1.165) is 32.5 Å². The Morgan fingerprint density at radius 1 is 1.44 bits per heavy atom. The zero-order chi connectivity index (χ0) is 12.0. The molecule has 1 aliphatic rings. The van der Waals surface area contributed by atoms with Crippen molar-refractivity contribution >= 4 is 5.91 Å². The molecule has 4 heteroatoms. The summed E-state index contributed by atoms with van der Waals surface area (Å²) in [4.78, 5) is 15.9. The van der Waals surface area contributed by atoms with Crippen LogP contribution in [0.15, 0.2) is 12.2 Å². The van der Waals surface area contributed by atoms with Gasteiger partial charge in [-0.05, 0) is 47.1 Å². The average molecular weight is 225 g/mol. The van der Waals surface area contributed by atoms with Crippen LogP contribution < -0.4 is 5.32 Å².